The number of aliphatic hydroxyl groups is 1. The zero-order valence-electron chi connectivity index (χ0n) is 8.94. The summed E-state index contributed by atoms with van der Waals surface area (Å²) in [6.45, 7) is 1.09. The van der Waals surface area contributed by atoms with E-state index in [2.05, 4.69) is 15.3 Å². The normalized spacial score (nSPS) is 10.0. The molecule has 0 saturated carbocycles. The van der Waals surface area contributed by atoms with Gasteiger partial charge in [0.05, 0.1) is 19.5 Å². The zero-order chi connectivity index (χ0) is 10.9. The summed E-state index contributed by atoms with van der Waals surface area (Å²) >= 11 is 0. The molecule has 1 rings (SSSR count). The predicted octanol–water partition coefficient (Wildman–Crippen LogP) is 1.06. The van der Waals surface area contributed by atoms with E-state index in [1.165, 1.54) is 0 Å². The number of hydrogen-bond donors (Lipinski definition) is 2. The molecular formula is C10H17N3O2. The maximum Gasteiger partial charge on any atom is 0.222 e. The molecule has 0 spiro atoms. The lowest BCUT2D eigenvalue weighted by Crippen LogP contribution is -2.05. The molecule has 1 aromatic heterocycles. The Morgan fingerprint density at radius 2 is 2.00 bits per heavy atom. The van der Waals surface area contributed by atoms with Gasteiger partial charge in [0, 0.05) is 13.2 Å². The van der Waals surface area contributed by atoms with Gasteiger partial charge in [-0.1, -0.05) is 0 Å². The minimum atomic E-state index is 0.263. The second kappa shape index (κ2) is 7.00. The van der Waals surface area contributed by atoms with Crippen LogP contribution in [0.5, 0.6) is 5.75 Å². The predicted molar refractivity (Wildman–Crippen MR) is 58.0 cm³/mol. The SMILES string of the molecule is COc1cnc(NCCCCCO)nc1. The van der Waals surface area contributed by atoms with Crippen molar-refractivity contribution in [3.05, 3.63) is 12.4 Å². The molecule has 2 N–H and O–H groups in total. The maximum absolute atomic E-state index is 8.58. The first kappa shape index (κ1) is 11.7. The highest BCUT2D eigenvalue weighted by Gasteiger charge is 1.96. The molecule has 0 radical (unpaired) electrons. The number of nitrogens with zero attached hydrogens (tertiary/aromatic N) is 2. The van der Waals surface area contributed by atoms with Gasteiger partial charge in [-0.15, -0.1) is 0 Å². The van der Waals surface area contributed by atoms with E-state index in [4.69, 9.17) is 9.84 Å². The third-order valence-corrected chi connectivity index (χ3v) is 1.98. The van der Waals surface area contributed by atoms with Crippen molar-refractivity contribution in [1.82, 2.24) is 9.97 Å². The lowest BCUT2D eigenvalue weighted by Gasteiger charge is -2.04. The first-order valence-electron chi connectivity index (χ1n) is 5.07. The quantitative estimate of drug-likeness (QED) is 0.660. The average molecular weight is 211 g/mol. The van der Waals surface area contributed by atoms with E-state index in [0.29, 0.717) is 11.7 Å². The highest BCUT2D eigenvalue weighted by Crippen LogP contribution is 2.07. The number of aromatic nitrogens is 2. The van der Waals surface area contributed by atoms with Crippen LogP contribution >= 0.6 is 0 Å². The van der Waals surface area contributed by atoms with Gasteiger partial charge in [0.25, 0.3) is 0 Å². The van der Waals surface area contributed by atoms with Gasteiger partial charge >= 0.3 is 0 Å². The number of hydrogen-bond acceptors (Lipinski definition) is 5. The molecule has 0 bridgehead atoms. The van der Waals surface area contributed by atoms with E-state index in [1.54, 1.807) is 19.5 Å². The van der Waals surface area contributed by atoms with Gasteiger partial charge in [-0.2, -0.15) is 0 Å². The van der Waals surface area contributed by atoms with Crippen LogP contribution in [0.3, 0.4) is 0 Å². The lowest BCUT2D eigenvalue weighted by molar-refractivity contribution is 0.283. The van der Waals surface area contributed by atoms with Crippen LogP contribution in [0.2, 0.25) is 0 Å². The van der Waals surface area contributed by atoms with Gasteiger partial charge in [-0.3, -0.25) is 0 Å². The van der Waals surface area contributed by atoms with Crippen molar-refractivity contribution in [3.8, 4) is 5.75 Å². The number of methoxy groups -OCH3 is 1. The number of nitrogens with one attached hydrogen (secondary N) is 1. The van der Waals surface area contributed by atoms with Crippen LogP contribution < -0.4 is 10.1 Å². The highest BCUT2D eigenvalue weighted by atomic mass is 16.5. The van der Waals surface area contributed by atoms with E-state index in [1.807, 2.05) is 0 Å². The largest absolute Gasteiger partial charge is 0.494 e. The van der Waals surface area contributed by atoms with E-state index in [-0.39, 0.29) is 6.61 Å². The second-order valence-corrected chi connectivity index (χ2v) is 3.16. The first-order chi connectivity index (χ1) is 7.36. The van der Waals surface area contributed by atoms with E-state index in [9.17, 15) is 0 Å². The third-order valence-electron chi connectivity index (χ3n) is 1.98. The summed E-state index contributed by atoms with van der Waals surface area (Å²) < 4.78 is 4.95. The Bertz CT molecular complexity index is 264. The number of rotatable bonds is 7. The molecule has 5 nitrogen and oxygen atoms in total. The molecule has 0 amide bonds. The number of unbranched alkanes of at least 4 members (excludes halogenated alkanes) is 2. The van der Waals surface area contributed by atoms with Crippen molar-refractivity contribution in [1.29, 1.82) is 0 Å². The van der Waals surface area contributed by atoms with E-state index >= 15 is 0 Å². The van der Waals surface area contributed by atoms with Crippen LogP contribution in [0.25, 0.3) is 0 Å². The van der Waals surface area contributed by atoms with Crippen LogP contribution in [0, 0.1) is 0 Å². The topological polar surface area (TPSA) is 67.3 Å². The molecule has 0 saturated heterocycles. The fourth-order valence-electron chi connectivity index (χ4n) is 1.13. The van der Waals surface area contributed by atoms with Gasteiger partial charge in [0.2, 0.25) is 5.95 Å². The summed E-state index contributed by atoms with van der Waals surface area (Å²) in [6.07, 6.45) is 6.13. The minimum absolute atomic E-state index is 0.263. The monoisotopic (exact) mass is 211 g/mol. The lowest BCUT2D eigenvalue weighted by atomic mass is 10.2. The Morgan fingerprint density at radius 3 is 2.60 bits per heavy atom. The average Bonchev–Trinajstić information content (AvgIpc) is 2.30. The molecule has 0 unspecified atom stereocenters. The van der Waals surface area contributed by atoms with Crippen LogP contribution in [0.15, 0.2) is 12.4 Å². The van der Waals surface area contributed by atoms with Crippen LogP contribution in [0.1, 0.15) is 19.3 Å². The molecular weight excluding hydrogens is 194 g/mol. The fraction of sp³-hybridized carbons (Fsp3) is 0.600. The Labute approximate surface area is 89.5 Å². The molecule has 1 heterocycles. The van der Waals surface area contributed by atoms with E-state index in [0.717, 1.165) is 25.8 Å². The van der Waals surface area contributed by atoms with Crippen molar-refractivity contribution in [2.45, 2.75) is 19.3 Å². The summed E-state index contributed by atoms with van der Waals surface area (Å²) in [4.78, 5) is 8.14. The maximum atomic E-state index is 8.58. The summed E-state index contributed by atoms with van der Waals surface area (Å²) in [6, 6.07) is 0. The summed E-state index contributed by atoms with van der Waals surface area (Å²) in [5.41, 5.74) is 0. The van der Waals surface area contributed by atoms with Crippen molar-refractivity contribution >= 4 is 5.95 Å². The molecule has 0 atom stereocenters. The standard InChI is InChI=1S/C10H17N3O2/c1-15-9-7-12-10(13-8-9)11-5-3-2-4-6-14/h7-8,14H,2-6H2,1H3,(H,11,12,13). The Morgan fingerprint density at radius 1 is 1.27 bits per heavy atom. The van der Waals surface area contributed by atoms with Crippen LogP contribution in [-0.4, -0.2) is 35.3 Å². The van der Waals surface area contributed by atoms with Crippen LogP contribution in [0.4, 0.5) is 5.95 Å². The summed E-state index contributed by atoms with van der Waals surface area (Å²) in [5.74, 6) is 1.26. The minimum Gasteiger partial charge on any atom is -0.494 e. The Kier molecular flexibility index (Phi) is 5.47. The summed E-state index contributed by atoms with van der Waals surface area (Å²) in [5, 5.41) is 11.7. The van der Waals surface area contributed by atoms with Gasteiger partial charge in [0.15, 0.2) is 5.75 Å². The van der Waals surface area contributed by atoms with Gasteiger partial charge in [0.1, 0.15) is 0 Å². The zero-order valence-corrected chi connectivity index (χ0v) is 8.94. The van der Waals surface area contributed by atoms with Gasteiger partial charge in [-0.25, -0.2) is 9.97 Å². The Hall–Kier alpha value is -1.36. The molecule has 0 aliphatic heterocycles. The molecule has 84 valence electrons. The van der Waals surface area contributed by atoms with Gasteiger partial charge < -0.3 is 15.2 Å². The number of aliphatic hydroxyl groups excluding tert-OH is 1. The molecule has 0 aliphatic carbocycles. The third kappa shape index (κ3) is 4.60. The molecule has 0 aliphatic rings. The van der Waals surface area contributed by atoms with Crippen LogP contribution in [-0.2, 0) is 0 Å². The highest BCUT2D eigenvalue weighted by molar-refractivity contribution is 5.26. The smallest absolute Gasteiger partial charge is 0.222 e. The van der Waals surface area contributed by atoms with Gasteiger partial charge in [-0.05, 0) is 19.3 Å². The number of anilines is 1. The van der Waals surface area contributed by atoms with Crippen molar-refractivity contribution < 1.29 is 9.84 Å². The fourth-order valence-corrected chi connectivity index (χ4v) is 1.13. The van der Waals surface area contributed by atoms with E-state index < -0.39 is 0 Å². The van der Waals surface area contributed by atoms with Crippen molar-refractivity contribution in [3.63, 3.8) is 0 Å². The van der Waals surface area contributed by atoms with Crippen molar-refractivity contribution in [2.75, 3.05) is 25.6 Å². The van der Waals surface area contributed by atoms with Crippen molar-refractivity contribution in [2.24, 2.45) is 0 Å². The molecule has 0 aromatic carbocycles. The Balaban J connectivity index is 2.20. The molecule has 0 fully saturated rings. The first-order valence-corrected chi connectivity index (χ1v) is 5.07. The molecule has 1 aromatic rings. The number of ether oxygens (including phenoxy) is 1. The molecule has 5 heteroatoms. The summed E-state index contributed by atoms with van der Waals surface area (Å²) in [7, 11) is 1.58. The second-order valence-electron chi connectivity index (χ2n) is 3.16. The molecule has 15 heavy (non-hydrogen) atoms.